The topological polar surface area (TPSA) is 63.0 Å². The van der Waals surface area contributed by atoms with Crippen molar-refractivity contribution in [1.82, 2.24) is 35.0 Å². The van der Waals surface area contributed by atoms with E-state index in [9.17, 15) is 4.39 Å². The summed E-state index contributed by atoms with van der Waals surface area (Å²) < 4.78 is 15.7. The standard InChI is InChI=1S/C24H30FN7/c25-21-10-8-20(9-11-21)23(24-27-28-29-32(24)22-6-2-1-3-7-22)31-15-13-30(14-16-31)18-19-5-4-12-26-17-19/h4-5,8-12,17,22-23H,1-3,6-7,13-16,18H2. The Bertz CT molecular complexity index is 977. The minimum absolute atomic E-state index is 0.0759. The summed E-state index contributed by atoms with van der Waals surface area (Å²) in [5.41, 5.74) is 2.27. The zero-order chi connectivity index (χ0) is 21.8. The monoisotopic (exact) mass is 435 g/mol. The summed E-state index contributed by atoms with van der Waals surface area (Å²) in [5.74, 6) is 0.657. The normalized spacial score (nSPS) is 19.8. The second-order valence-corrected chi connectivity index (χ2v) is 8.90. The molecule has 0 bridgehead atoms. The molecule has 2 fully saturated rings. The van der Waals surface area contributed by atoms with Gasteiger partial charge in [-0.15, -0.1) is 5.10 Å². The molecular weight excluding hydrogens is 405 g/mol. The molecule has 8 heteroatoms. The second kappa shape index (κ2) is 9.83. The molecule has 2 aliphatic rings. The highest BCUT2D eigenvalue weighted by Crippen LogP contribution is 2.33. The molecule has 32 heavy (non-hydrogen) atoms. The summed E-state index contributed by atoms with van der Waals surface area (Å²) in [6, 6.07) is 11.2. The first-order valence-corrected chi connectivity index (χ1v) is 11.7. The minimum Gasteiger partial charge on any atom is -0.296 e. The number of hydrogen-bond acceptors (Lipinski definition) is 6. The molecule has 1 aliphatic heterocycles. The number of hydrogen-bond donors (Lipinski definition) is 0. The van der Waals surface area contributed by atoms with Gasteiger partial charge in [0, 0.05) is 45.1 Å². The predicted octanol–water partition coefficient (Wildman–Crippen LogP) is 3.62. The van der Waals surface area contributed by atoms with Crippen LogP contribution in [-0.4, -0.2) is 61.2 Å². The van der Waals surface area contributed by atoms with Crippen molar-refractivity contribution >= 4 is 0 Å². The first kappa shape index (κ1) is 21.2. The second-order valence-electron chi connectivity index (χ2n) is 8.90. The molecule has 1 saturated carbocycles. The van der Waals surface area contributed by atoms with Gasteiger partial charge >= 0.3 is 0 Å². The van der Waals surface area contributed by atoms with E-state index in [1.165, 1.54) is 37.0 Å². The molecule has 0 N–H and O–H groups in total. The Morgan fingerprint density at radius 2 is 1.75 bits per heavy atom. The summed E-state index contributed by atoms with van der Waals surface area (Å²) in [4.78, 5) is 9.14. The van der Waals surface area contributed by atoms with E-state index < -0.39 is 0 Å². The summed E-state index contributed by atoms with van der Waals surface area (Å²) in [6.45, 7) is 4.62. The maximum absolute atomic E-state index is 13.7. The van der Waals surface area contributed by atoms with Gasteiger partial charge in [0.25, 0.3) is 0 Å². The van der Waals surface area contributed by atoms with Gasteiger partial charge in [0.15, 0.2) is 5.82 Å². The van der Waals surface area contributed by atoms with Gasteiger partial charge in [-0.2, -0.15) is 0 Å². The van der Waals surface area contributed by atoms with Crippen LogP contribution in [0, 0.1) is 5.82 Å². The van der Waals surface area contributed by atoms with Gasteiger partial charge in [-0.3, -0.25) is 14.8 Å². The molecule has 1 atom stereocenters. The number of aromatic nitrogens is 5. The van der Waals surface area contributed by atoms with Gasteiger partial charge in [0.2, 0.25) is 0 Å². The molecular formula is C24H30FN7. The van der Waals surface area contributed by atoms with E-state index in [1.54, 1.807) is 0 Å². The molecule has 5 rings (SSSR count). The SMILES string of the molecule is Fc1ccc(C(c2nnnn2C2CCCCC2)N2CCN(Cc3cccnc3)CC2)cc1. The van der Waals surface area contributed by atoms with Gasteiger partial charge in [-0.1, -0.05) is 37.5 Å². The smallest absolute Gasteiger partial charge is 0.173 e. The van der Waals surface area contributed by atoms with E-state index in [0.717, 1.165) is 57.0 Å². The lowest BCUT2D eigenvalue weighted by Gasteiger charge is -2.39. The van der Waals surface area contributed by atoms with E-state index in [-0.39, 0.29) is 11.9 Å². The number of nitrogens with zero attached hydrogens (tertiary/aromatic N) is 7. The summed E-state index contributed by atoms with van der Waals surface area (Å²) in [6.07, 6.45) is 9.71. The van der Waals surface area contributed by atoms with Crippen LogP contribution in [0.15, 0.2) is 48.8 Å². The van der Waals surface area contributed by atoms with Crippen LogP contribution in [0.3, 0.4) is 0 Å². The molecule has 2 aromatic heterocycles. The van der Waals surface area contributed by atoms with Gasteiger partial charge < -0.3 is 0 Å². The average Bonchev–Trinajstić information content (AvgIpc) is 3.32. The number of rotatable bonds is 6. The van der Waals surface area contributed by atoms with Crippen molar-refractivity contribution in [3.05, 3.63) is 71.6 Å². The number of piperazine rings is 1. The van der Waals surface area contributed by atoms with Crippen LogP contribution in [0.2, 0.25) is 0 Å². The summed E-state index contributed by atoms with van der Waals surface area (Å²) >= 11 is 0. The molecule has 7 nitrogen and oxygen atoms in total. The van der Waals surface area contributed by atoms with E-state index in [1.807, 2.05) is 30.6 Å². The number of pyridine rings is 1. The van der Waals surface area contributed by atoms with Crippen LogP contribution in [0.5, 0.6) is 0 Å². The Morgan fingerprint density at radius 1 is 0.969 bits per heavy atom. The van der Waals surface area contributed by atoms with Crippen molar-refractivity contribution < 1.29 is 4.39 Å². The maximum atomic E-state index is 13.7. The molecule has 3 heterocycles. The number of tetrazole rings is 1. The van der Waals surface area contributed by atoms with Crippen molar-refractivity contribution in [2.45, 2.75) is 50.7 Å². The highest BCUT2D eigenvalue weighted by atomic mass is 19.1. The van der Waals surface area contributed by atoms with Crippen molar-refractivity contribution in [3.8, 4) is 0 Å². The fraction of sp³-hybridized carbons (Fsp3) is 0.500. The number of benzene rings is 1. The van der Waals surface area contributed by atoms with Crippen molar-refractivity contribution in [2.75, 3.05) is 26.2 Å². The Balaban J connectivity index is 1.37. The zero-order valence-corrected chi connectivity index (χ0v) is 18.4. The quantitative estimate of drug-likeness (QED) is 0.589. The molecule has 1 aliphatic carbocycles. The lowest BCUT2D eigenvalue weighted by molar-refractivity contribution is 0.0985. The van der Waals surface area contributed by atoms with Crippen LogP contribution in [0.4, 0.5) is 4.39 Å². The van der Waals surface area contributed by atoms with E-state index in [0.29, 0.717) is 6.04 Å². The molecule has 168 valence electrons. The third kappa shape index (κ3) is 4.71. The molecule has 0 spiro atoms. The maximum Gasteiger partial charge on any atom is 0.173 e. The Kier molecular flexibility index (Phi) is 6.50. The lowest BCUT2D eigenvalue weighted by atomic mass is 9.95. The highest BCUT2D eigenvalue weighted by molar-refractivity contribution is 5.26. The van der Waals surface area contributed by atoms with Gasteiger partial charge in [0.05, 0.1) is 12.1 Å². The molecule has 1 saturated heterocycles. The zero-order valence-electron chi connectivity index (χ0n) is 18.4. The predicted molar refractivity (Wildman–Crippen MR) is 119 cm³/mol. The Labute approximate surface area is 188 Å². The molecule has 1 aromatic carbocycles. The Hall–Kier alpha value is -2.71. The van der Waals surface area contributed by atoms with Crippen molar-refractivity contribution in [1.29, 1.82) is 0 Å². The van der Waals surface area contributed by atoms with E-state index in [4.69, 9.17) is 0 Å². The van der Waals surface area contributed by atoms with Crippen LogP contribution in [0.1, 0.15) is 61.1 Å². The van der Waals surface area contributed by atoms with Crippen LogP contribution < -0.4 is 0 Å². The lowest BCUT2D eigenvalue weighted by Crippen LogP contribution is -2.48. The van der Waals surface area contributed by atoms with E-state index in [2.05, 4.69) is 41.1 Å². The van der Waals surface area contributed by atoms with Gasteiger partial charge in [0.1, 0.15) is 5.82 Å². The fourth-order valence-electron chi connectivity index (χ4n) is 5.06. The van der Waals surface area contributed by atoms with Gasteiger partial charge in [-0.05, 0) is 52.6 Å². The highest BCUT2D eigenvalue weighted by Gasteiger charge is 2.32. The Morgan fingerprint density at radius 3 is 2.47 bits per heavy atom. The molecule has 0 amide bonds. The van der Waals surface area contributed by atoms with E-state index >= 15 is 0 Å². The number of halogens is 1. The molecule has 0 radical (unpaired) electrons. The summed E-state index contributed by atoms with van der Waals surface area (Å²) in [7, 11) is 0. The summed E-state index contributed by atoms with van der Waals surface area (Å²) in [5, 5.41) is 13.0. The molecule has 1 unspecified atom stereocenters. The van der Waals surface area contributed by atoms with Crippen LogP contribution >= 0.6 is 0 Å². The minimum atomic E-state index is -0.222. The van der Waals surface area contributed by atoms with Crippen molar-refractivity contribution in [2.24, 2.45) is 0 Å². The first-order valence-electron chi connectivity index (χ1n) is 11.7. The van der Waals surface area contributed by atoms with Crippen molar-refractivity contribution in [3.63, 3.8) is 0 Å². The van der Waals surface area contributed by atoms with Crippen LogP contribution in [0.25, 0.3) is 0 Å². The fourth-order valence-corrected chi connectivity index (χ4v) is 5.06. The average molecular weight is 436 g/mol. The molecule has 3 aromatic rings. The first-order chi connectivity index (χ1) is 15.8. The van der Waals surface area contributed by atoms with Gasteiger partial charge in [-0.25, -0.2) is 9.07 Å². The third-order valence-corrected chi connectivity index (χ3v) is 6.77. The largest absolute Gasteiger partial charge is 0.296 e. The third-order valence-electron chi connectivity index (χ3n) is 6.77. The van der Waals surface area contributed by atoms with Crippen LogP contribution in [-0.2, 0) is 6.54 Å².